The van der Waals surface area contributed by atoms with Crippen molar-refractivity contribution in [1.29, 1.82) is 0 Å². The third kappa shape index (κ3) is 4.63. The molecule has 0 bridgehead atoms. The first kappa shape index (κ1) is 16.8. The van der Waals surface area contributed by atoms with Crippen molar-refractivity contribution in [2.75, 3.05) is 5.32 Å². The lowest BCUT2D eigenvalue weighted by Gasteiger charge is -2.26. The van der Waals surface area contributed by atoms with Crippen LogP contribution in [0.1, 0.15) is 27.2 Å². The Morgan fingerprint density at radius 2 is 1.95 bits per heavy atom. The molecular weight excluding hydrogens is 351 g/mol. The Morgan fingerprint density at radius 1 is 1.37 bits per heavy atom. The van der Waals surface area contributed by atoms with E-state index >= 15 is 0 Å². The molecule has 0 saturated carbocycles. The van der Waals surface area contributed by atoms with Gasteiger partial charge in [0, 0.05) is 16.9 Å². The Morgan fingerprint density at radius 3 is 2.47 bits per heavy atom. The maximum atomic E-state index is 11.9. The quantitative estimate of drug-likeness (QED) is 0.775. The second-order valence-corrected chi connectivity index (χ2v) is 7.06. The predicted molar refractivity (Wildman–Crippen MR) is 84.8 cm³/mol. The minimum Gasteiger partial charge on any atom is -0.327 e. The molecule has 3 nitrogen and oxygen atoms in total. The summed E-state index contributed by atoms with van der Waals surface area (Å²) in [6, 6.07) is 3.20. The SMILES string of the molecule is CC(C)(C)C(N)CC(=O)Nc1ccc(Br)c(Cl)c1Cl. The zero-order valence-corrected chi connectivity index (χ0v) is 14.2. The van der Waals surface area contributed by atoms with Gasteiger partial charge < -0.3 is 11.1 Å². The van der Waals surface area contributed by atoms with E-state index in [1.165, 1.54) is 0 Å². The van der Waals surface area contributed by atoms with Crippen LogP contribution in [0.5, 0.6) is 0 Å². The number of anilines is 1. The van der Waals surface area contributed by atoms with Crippen molar-refractivity contribution in [2.24, 2.45) is 11.1 Å². The molecule has 0 radical (unpaired) electrons. The molecule has 1 rings (SSSR count). The molecule has 0 aromatic heterocycles. The molecule has 3 N–H and O–H groups in total. The Kier molecular flexibility index (Phi) is 5.68. The molecule has 0 spiro atoms. The molecule has 0 aliphatic rings. The summed E-state index contributed by atoms with van der Waals surface area (Å²) >= 11 is 15.3. The fourth-order valence-electron chi connectivity index (χ4n) is 1.33. The normalized spacial score (nSPS) is 13.2. The van der Waals surface area contributed by atoms with Crippen LogP contribution < -0.4 is 11.1 Å². The third-order valence-electron chi connectivity index (χ3n) is 2.83. The number of hydrogen-bond acceptors (Lipinski definition) is 2. The summed E-state index contributed by atoms with van der Waals surface area (Å²) in [7, 11) is 0. The summed E-state index contributed by atoms with van der Waals surface area (Å²) in [6.45, 7) is 5.98. The molecule has 1 aromatic carbocycles. The highest BCUT2D eigenvalue weighted by Gasteiger charge is 2.23. The summed E-state index contributed by atoms with van der Waals surface area (Å²) in [5.74, 6) is -0.178. The Labute approximate surface area is 132 Å². The maximum absolute atomic E-state index is 11.9. The fraction of sp³-hybridized carbons (Fsp3) is 0.462. The highest BCUT2D eigenvalue weighted by Crippen LogP contribution is 2.36. The summed E-state index contributed by atoms with van der Waals surface area (Å²) in [5, 5.41) is 3.41. The van der Waals surface area contributed by atoms with E-state index in [0.717, 1.165) is 0 Å². The number of carbonyl (C=O) groups is 1. The van der Waals surface area contributed by atoms with E-state index in [-0.39, 0.29) is 23.8 Å². The van der Waals surface area contributed by atoms with Crippen LogP contribution in [0.15, 0.2) is 16.6 Å². The van der Waals surface area contributed by atoms with Crippen LogP contribution in [0, 0.1) is 5.41 Å². The van der Waals surface area contributed by atoms with Crippen LogP contribution in [0.2, 0.25) is 10.0 Å². The number of benzene rings is 1. The van der Waals surface area contributed by atoms with Crippen LogP contribution in [-0.4, -0.2) is 11.9 Å². The van der Waals surface area contributed by atoms with Gasteiger partial charge in [-0.25, -0.2) is 0 Å². The first-order valence-corrected chi connectivity index (χ1v) is 7.36. The van der Waals surface area contributed by atoms with Gasteiger partial charge in [0.1, 0.15) is 0 Å². The van der Waals surface area contributed by atoms with Gasteiger partial charge in [-0.15, -0.1) is 0 Å². The topological polar surface area (TPSA) is 55.1 Å². The largest absolute Gasteiger partial charge is 0.327 e. The molecule has 0 fully saturated rings. The van der Waals surface area contributed by atoms with Crippen LogP contribution in [0.4, 0.5) is 5.69 Å². The Hall–Kier alpha value is -0.290. The summed E-state index contributed by atoms with van der Waals surface area (Å²) in [5.41, 5.74) is 6.33. The van der Waals surface area contributed by atoms with Crippen molar-refractivity contribution in [1.82, 2.24) is 0 Å². The molecule has 0 aliphatic heterocycles. The van der Waals surface area contributed by atoms with Gasteiger partial charge in [0.05, 0.1) is 15.7 Å². The van der Waals surface area contributed by atoms with E-state index in [0.29, 0.717) is 20.2 Å². The molecule has 6 heteroatoms. The Bertz CT molecular complexity index is 486. The van der Waals surface area contributed by atoms with E-state index in [2.05, 4.69) is 21.2 Å². The third-order valence-corrected chi connectivity index (χ3v) is 4.60. The summed E-state index contributed by atoms with van der Waals surface area (Å²) in [6.07, 6.45) is 0.230. The average molecular weight is 368 g/mol. The highest BCUT2D eigenvalue weighted by molar-refractivity contribution is 9.10. The molecule has 0 saturated heterocycles. The summed E-state index contributed by atoms with van der Waals surface area (Å²) in [4.78, 5) is 11.9. The van der Waals surface area contributed by atoms with Crippen molar-refractivity contribution >= 4 is 50.7 Å². The minimum absolute atomic E-state index is 0.126. The highest BCUT2D eigenvalue weighted by atomic mass is 79.9. The lowest BCUT2D eigenvalue weighted by Crippen LogP contribution is -2.38. The molecule has 106 valence electrons. The number of halogens is 3. The van der Waals surface area contributed by atoms with Crippen LogP contribution >= 0.6 is 39.1 Å². The first-order chi connectivity index (χ1) is 8.62. The first-order valence-electron chi connectivity index (χ1n) is 5.82. The lowest BCUT2D eigenvalue weighted by molar-refractivity contribution is -0.117. The van der Waals surface area contributed by atoms with Gasteiger partial charge in [-0.05, 0) is 33.5 Å². The van der Waals surface area contributed by atoms with E-state index in [9.17, 15) is 4.79 Å². The molecule has 0 aliphatic carbocycles. The van der Waals surface area contributed by atoms with Crippen molar-refractivity contribution in [3.8, 4) is 0 Å². The zero-order valence-electron chi connectivity index (χ0n) is 11.1. The maximum Gasteiger partial charge on any atom is 0.225 e. The van der Waals surface area contributed by atoms with E-state index in [1.54, 1.807) is 12.1 Å². The van der Waals surface area contributed by atoms with E-state index in [4.69, 9.17) is 28.9 Å². The minimum atomic E-state index is -0.225. The van der Waals surface area contributed by atoms with E-state index < -0.39 is 0 Å². The van der Waals surface area contributed by atoms with Crippen molar-refractivity contribution in [2.45, 2.75) is 33.2 Å². The zero-order chi connectivity index (χ0) is 14.8. The smallest absolute Gasteiger partial charge is 0.225 e. The number of hydrogen-bond donors (Lipinski definition) is 2. The molecule has 1 amide bonds. The monoisotopic (exact) mass is 366 g/mol. The fourth-order valence-corrected chi connectivity index (χ4v) is 2.15. The van der Waals surface area contributed by atoms with Gasteiger partial charge in [0.15, 0.2) is 0 Å². The van der Waals surface area contributed by atoms with Gasteiger partial charge in [-0.1, -0.05) is 44.0 Å². The average Bonchev–Trinajstić information content (AvgIpc) is 2.28. The van der Waals surface area contributed by atoms with Gasteiger partial charge in [-0.2, -0.15) is 0 Å². The Balaban J connectivity index is 2.76. The molecule has 0 heterocycles. The van der Waals surface area contributed by atoms with Gasteiger partial charge in [0.2, 0.25) is 5.91 Å². The number of nitrogens with two attached hydrogens (primary N) is 1. The number of nitrogens with one attached hydrogen (secondary N) is 1. The van der Waals surface area contributed by atoms with Gasteiger partial charge in [-0.3, -0.25) is 4.79 Å². The standard InChI is InChI=1S/C13H17BrCl2N2O/c1-13(2,3)9(17)6-10(19)18-8-5-4-7(14)11(15)12(8)16/h4-5,9H,6,17H2,1-3H3,(H,18,19). The molecule has 19 heavy (non-hydrogen) atoms. The number of rotatable bonds is 3. The second-order valence-electron chi connectivity index (χ2n) is 5.45. The van der Waals surface area contributed by atoms with Crippen molar-refractivity contribution < 1.29 is 4.79 Å². The van der Waals surface area contributed by atoms with Crippen LogP contribution in [-0.2, 0) is 4.79 Å². The van der Waals surface area contributed by atoms with Gasteiger partial charge in [0.25, 0.3) is 0 Å². The van der Waals surface area contributed by atoms with Crippen LogP contribution in [0.3, 0.4) is 0 Å². The number of carbonyl (C=O) groups excluding carboxylic acids is 1. The van der Waals surface area contributed by atoms with Crippen LogP contribution in [0.25, 0.3) is 0 Å². The molecular formula is C13H17BrCl2N2O. The molecule has 1 aromatic rings. The van der Waals surface area contributed by atoms with Crippen molar-refractivity contribution in [3.05, 3.63) is 26.7 Å². The summed E-state index contributed by atoms with van der Waals surface area (Å²) < 4.78 is 0.684. The molecule has 1 atom stereocenters. The second kappa shape index (κ2) is 6.44. The molecule has 1 unspecified atom stereocenters. The van der Waals surface area contributed by atoms with E-state index in [1.807, 2.05) is 20.8 Å². The van der Waals surface area contributed by atoms with Crippen molar-refractivity contribution in [3.63, 3.8) is 0 Å². The predicted octanol–water partition coefficient (Wildman–Crippen LogP) is 4.46. The number of amides is 1. The van der Waals surface area contributed by atoms with Gasteiger partial charge >= 0.3 is 0 Å². The lowest BCUT2D eigenvalue weighted by atomic mass is 9.85.